The van der Waals surface area contributed by atoms with Gasteiger partial charge in [0.2, 0.25) is 0 Å². The third-order valence-corrected chi connectivity index (χ3v) is 5.70. The molecule has 4 unspecified atom stereocenters. The van der Waals surface area contributed by atoms with Crippen molar-refractivity contribution in [3.05, 3.63) is 0 Å². The summed E-state index contributed by atoms with van der Waals surface area (Å²) in [5, 5.41) is 2.51. The third kappa shape index (κ3) is 2.76. The minimum atomic E-state index is 0.0991. The number of nitrogens with one attached hydrogen (secondary N) is 1. The van der Waals surface area contributed by atoms with E-state index in [4.69, 9.17) is 5.73 Å². The van der Waals surface area contributed by atoms with Gasteiger partial charge in [0, 0.05) is 37.3 Å². The standard InChI is InChI=1S/C16H32N4/c1-12-5-4-6-13(2)20(12)18-16(10-17)9-14(3)19(11-16)15-7-8-15/h12-15,18H,4-11,17H2,1-3H3. The van der Waals surface area contributed by atoms with Crippen LogP contribution in [0.2, 0.25) is 0 Å². The lowest BCUT2D eigenvalue weighted by Crippen LogP contribution is -2.64. The van der Waals surface area contributed by atoms with Crippen LogP contribution in [-0.2, 0) is 0 Å². The molecule has 20 heavy (non-hydrogen) atoms. The van der Waals surface area contributed by atoms with Gasteiger partial charge < -0.3 is 5.73 Å². The van der Waals surface area contributed by atoms with E-state index in [1.165, 1.54) is 38.5 Å². The van der Waals surface area contributed by atoms with Gasteiger partial charge in [-0.15, -0.1) is 0 Å². The van der Waals surface area contributed by atoms with E-state index in [1.807, 2.05) is 0 Å². The van der Waals surface area contributed by atoms with Gasteiger partial charge in [-0.2, -0.15) is 0 Å². The first kappa shape index (κ1) is 14.8. The molecule has 0 amide bonds. The highest BCUT2D eigenvalue weighted by Crippen LogP contribution is 2.37. The van der Waals surface area contributed by atoms with Gasteiger partial charge in [-0.1, -0.05) is 6.42 Å². The zero-order valence-corrected chi connectivity index (χ0v) is 13.4. The van der Waals surface area contributed by atoms with Crippen molar-refractivity contribution in [2.75, 3.05) is 13.1 Å². The predicted molar refractivity (Wildman–Crippen MR) is 83.3 cm³/mol. The van der Waals surface area contributed by atoms with Crippen molar-refractivity contribution in [3.8, 4) is 0 Å². The number of nitrogens with two attached hydrogens (primary N) is 1. The van der Waals surface area contributed by atoms with Crippen LogP contribution < -0.4 is 11.2 Å². The molecule has 2 saturated heterocycles. The fourth-order valence-electron chi connectivity index (χ4n) is 4.34. The maximum atomic E-state index is 6.21. The number of hydrogen-bond donors (Lipinski definition) is 2. The first-order chi connectivity index (χ1) is 9.54. The van der Waals surface area contributed by atoms with Gasteiger partial charge in [-0.25, -0.2) is 10.4 Å². The van der Waals surface area contributed by atoms with Crippen LogP contribution in [0.5, 0.6) is 0 Å². The number of piperidine rings is 1. The average molecular weight is 280 g/mol. The van der Waals surface area contributed by atoms with Gasteiger partial charge in [-0.05, 0) is 52.9 Å². The second-order valence-corrected chi connectivity index (χ2v) is 7.59. The van der Waals surface area contributed by atoms with Crippen LogP contribution >= 0.6 is 0 Å². The van der Waals surface area contributed by atoms with Crippen molar-refractivity contribution in [3.63, 3.8) is 0 Å². The Morgan fingerprint density at radius 2 is 1.70 bits per heavy atom. The van der Waals surface area contributed by atoms with E-state index in [0.29, 0.717) is 18.1 Å². The maximum absolute atomic E-state index is 6.21. The molecule has 2 aliphatic heterocycles. The van der Waals surface area contributed by atoms with Crippen LogP contribution in [0.15, 0.2) is 0 Å². The zero-order valence-electron chi connectivity index (χ0n) is 13.4. The summed E-state index contributed by atoms with van der Waals surface area (Å²) in [6.07, 6.45) is 7.94. The van der Waals surface area contributed by atoms with Crippen LogP contribution in [0, 0.1) is 0 Å². The van der Waals surface area contributed by atoms with E-state index >= 15 is 0 Å². The Hall–Kier alpha value is -0.160. The Balaban J connectivity index is 1.69. The van der Waals surface area contributed by atoms with E-state index in [0.717, 1.165) is 19.1 Å². The van der Waals surface area contributed by atoms with Crippen molar-refractivity contribution in [2.45, 2.75) is 89.0 Å². The molecule has 0 aromatic rings. The third-order valence-electron chi connectivity index (χ3n) is 5.70. The summed E-state index contributed by atoms with van der Waals surface area (Å²) >= 11 is 0. The summed E-state index contributed by atoms with van der Waals surface area (Å²) in [6, 6.07) is 2.78. The van der Waals surface area contributed by atoms with E-state index in [9.17, 15) is 0 Å². The van der Waals surface area contributed by atoms with Crippen molar-refractivity contribution in [2.24, 2.45) is 5.73 Å². The van der Waals surface area contributed by atoms with Gasteiger partial charge in [0.05, 0.1) is 5.54 Å². The van der Waals surface area contributed by atoms with Crippen LogP contribution in [0.25, 0.3) is 0 Å². The Labute approximate surface area is 124 Å². The highest BCUT2D eigenvalue weighted by Gasteiger charge is 2.47. The summed E-state index contributed by atoms with van der Waals surface area (Å²) < 4.78 is 0. The number of rotatable bonds is 4. The van der Waals surface area contributed by atoms with E-state index in [-0.39, 0.29) is 5.54 Å². The van der Waals surface area contributed by atoms with Crippen molar-refractivity contribution >= 4 is 0 Å². The smallest absolute Gasteiger partial charge is 0.0589 e. The SMILES string of the molecule is CC1CC(CN)(NN2C(C)CCCC2C)CN1C1CC1. The lowest BCUT2D eigenvalue weighted by molar-refractivity contribution is 0.00397. The molecule has 3 rings (SSSR count). The van der Waals surface area contributed by atoms with Crippen LogP contribution in [-0.4, -0.2) is 52.7 Å². The summed E-state index contributed by atoms with van der Waals surface area (Å²) in [7, 11) is 0. The number of likely N-dealkylation sites (tertiary alicyclic amines) is 1. The highest BCUT2D eigenvalue weighted by atomic mass is 15.6. The van der Waals surface area contributed by atoms with Gasteiger partial charge in [0.15, 0.2) is 0 Å². The number of nitrogens with zero attached hydrogens (tertiary/aromatic N) is 2. The van der Waals surface area contributed by atoms with Crippen LogP contribution in [0.3, 0.4) is 0 Å². The molecular formula is C16H32N4. The van der Waals surface area contributed by atoms with Crippen molar-refractivity contribution in [1.82, 2.24) is 15.3 Å². The molecular weight excluding hydrogens is 248 g/mol. The molecule has 1 aliphatic carbocycles. The predicted octanol–water partition coefficient (Wildman–Crippen LogP) is 1.71. The van der Waals surface area contributed by atoms with Gasteiger partial charge in [-0.3, -0.25) is 4.90 Å². The quantitative estimate of drug-likeness (QED) is 0.823. The molecule has 4 heteroatoms. The van der Waals surface area contributed by atoms with E-state index in [2.05, 4.69) is 36.1 Å². The monoisotopic (exact) mass is 280 g/mol. The zero-order chi connectivity index (χ0) is 14.3. The number of hydrogen-bond acceptors (Lipinski definition) is 4. The molecule has 0 spiro atoms. The molecule has 4 nitrogen and oxygen atoms in total. The largest absolute Gasteiger partial charge is 0.329 e. The molecule has 0 bridgehead atoms. The van der Waals surface area contributed by atoms with Gasteiger partial charge >= 0.3 is 0 Å². The molecule has 3 N–H and O–H groups in total. The molecule has 116 valence electrons. The molecule has 2 heterocycles. The fraction of sp³-hybridized carbons (Fsp3) is 1.00. The van der Waals surface area contributed by atoms with Gasteiger partial charge in [0.1, 0.15) is 0 Å². The lowest BCUT2D eigenvalue weighted by atomic mass is 9.95. The molecule has 4 atom stereocenters. The van der Waals surface area contributed by atoms with Crippen molar-refractivity contribution < 1.29 is 0 Å². The molecule has 3 aliphatic rings. The lowest BCUT2D eigenvalue weighted by Gasteiger charge is -2.45. The summed E-state index contributed by atoms with van der Waals surface area (Å²) in [4.78, 5) is 2.69. The highest BCUT2D eigenvalue weighted by molar-refractivity contribution is 5.05. The Bertz CT molecular complexity index is 333. The minimum Gasteiger partial charge on any atom is -0.329 e. The topological polar surface area (TPSA) is 44.5 Å². The fourth-order valence-corrected chi connectivity index (χ4v) is 4.34. The molecule has 3 fully saturated rings. The average Bonchev–Trinajstić information content (AvgIpc) is 3.20. The molecule has 0 radical (unpaired) electrons. The van der Waals surface area contributed by atoms with E-state index in [1.54, 1.807) is 0 Å². The van der Waals surface area contributed by atoms with Crippen molar-refractivity contribution in [1.29, 1.82) is 0 Å². The number of hydrazine groups is 1. The summed E-state index contributed by atoms with van der Waals surface area (Å²) in [5.74, 6) is 0. The first-order valence-corrected chi connectivity index (χ1v) is 8.56. The van der Waals surface area contributed by atoms with Gasteiger partial charge in [0.25, 0.3) is 0 Å². The Morgan fingerprint density at radius 3 is 2.25 bits per heavy atom. The second kappa shape index (κ2) is 5.56. The Morgan fingerprint density at radius 1 is 1.05 bits per heavy atom. The molecule has 0 aromatic carbocycles. The summed E-state index contributed by atoms with van der Waals surface area (Å²) in [6.45, 7) is 8.95. The second-order valence-electron chi connectivity index (χ2n) is 7.59. The van der Waals surface area contributed by atoms with Crippen LogP contribution in [0.4, 0.5) is 0 Å². The minimum absolute atomic E-state index is 0.0991. The first-order valence-electron chi connectivity index (χ1n) is 8.56. The maximum Gasteiger partial charge on any atom is 0.0589 e. The normalized spacial score (nSPS) is 44.1. The Kier molecular flexibility index (Phi) is 4.10. The molecule has 0 aromatic heterocycles. The van der Waals surface area contributed by atoms with Crippen LogP contribution in [0.1, 0.15) is 59.3 Å². The molecule has 1 saturated carbocycles. The van der Waals surface area contributed by atoms with E-state index < -0.39 is 0 Å². The summed E-state index contributed by atoms with van der Waals surface area (Å²) in [5.41, 5.74) is 10.2.